The van der Waals surface area contributed by atoms with Crippen LogP contribution in [-0.4, -0.2) is 12.0 Å². The summed E-state index contributed by atoms with van der Waals surface area (Å²) in [4.78, 5) is 4.67. The number of rotatable bonds is 4. The number of anilines is 1. The summed E-state index contributed by atoms with van der Waals surface area (Å²) in [5.74, 6) is -0.433. The molecule has 0 amide bonds. The van der Waals surface area contributed by atoms with Gasteiger partial charge in [0.25, 0.3) is 0 Å². The van der Waals surface area contributed by atoms with Crippen LogP contribution in [0.15, 0.2) is 53.5 Å². The zero-order valence-electron chi connectivity index (χ0n) is 11.6. The van der Waals surface area contributed by atoms with Crippen molar-refractivity contribution in [2.45, 2.75) is 25.7 Å². The Balaban J connectivity index is 1.77. The molecule has 1 heterocycles. The van der Waals surface area contributed by atoms with Gasteiger partial charge >= 0.3 is 0 Å². The highest BCUT2D eigenvalue weighted by Gasteiger charge is 2.29. The predicted molar refractivity (Wildman–Crippen MR) is 82.8 cm³/mol. The van der Waals surface area contributed by atoms with Crippen molar-refractivity contribution in [1.82, 2.24) is 5.32 Å². The van der Waals surface area contributed by atoms with Gasteiger partial charge in [-0.05, 0) is 17.7 Å². The maximum Gasteiger partial charge on any atom is 0.184 e. The molecule has 1 atom stereocenters. The van der Waals surface area contributed by atoms with Gasteiger partial charge < -0.3 is 5.32 Å². The summed E-state index contributed by atoms with van der Waals surface area (Å²) < 4.78 is 0. The molecule has 3 nitrogen and oxygen atoms in total. The minimum Gasteiger partial charge on any atom is -0.348 e. The lowest BCUT2D eigenvalue weighted by Crippen LogP contribution is -2.51. The zero-order valence-corrected chi connectivity index (χ0v) is 11.6. The molecule has 0 fully saturated rings. The van der Waals surface area contributed by atoms with Crippen molar-refractivity contribution < 1.29 is 0 Å². The van der Waals surface area contributed by atoms with E-state index in [0.29, 0.717) is 0 Å². The van der Waals surface area contributed by atoms with Gasteiger partial charge in [-0.15, -0.1) is 0 Å². The van der Waals surface area contributed by atoms with Crippen LogP contribution in [0.1, 0.15) is 24.5 Å². The molecule has 20 heavy (non-hydrogen) atoms. The van der Waals surface area contributed by atoms with Gasteiger partial charge in [0, 0.05) is 30.4 Å². The second-order valence-electron chi connectivity index (χ2n) is 4.95. The molecule has 0 aliphatic carbocycles. The average molecular weight is 264 g/mol. The van der Waals surface area contributed by atoms with E-state index in [1.165, 1.54) is 5.56 Å². The molecule has 2 aromatic carbocycles. The van der Waals surface area contributed by atoms with Crippen molar-refractivity contribution in [3.8, 4) is 0 Å². The van der Waals surface area contributed by atoms with Crippen LogP contribution in [0.4, 0.5) is 5.69 Å². The van der Waals surface area contributed by atoms with Crippen LogP contribution in [0.2, 0.25) is 0 Å². The van der Waals surface area contributed by atoms with Crippen LogP contribution < -0.4 is 10.6 Å². The lowest BCUT2D eigenvalue weighted by Gasteiger charge is -2.35. The minimum absolute atomic E-state index is 0.433. The molecule has 0 saturated heterocycles. The molecular formula is C17H18N3. The monoisotopic (exact) mass is 264 g/mol. The maximum absolute atomic E-state index is 4.67. The van der Waals surface area contributed by atoms with Gasteiger partial charge in [-0.25, -0.2) is 0 Å². The summed E-state index contributed by atoms with van der Waals surface area (Å²) >= 11 is 0. The smallest absolute Gasteiger partial charge is 0.184 e. The molecule has 1 aliphatic rings. The highest BCUT2D eigenvalue weighted by molar-refractivity contribution is 5.90. The first-order valence-electron chi connectivity index (χ1n) is 6.94. The Kier molecular flexibility index (Phi) is 3.52. The molecule has 2 N–H and O–H groups in total. The fourth-order valence-electron chi connectivity index (χ4n) is 2.34. The third-order valence-corrected chi connectivity index (χ3v) is 3.60. The van der Waals surface area contributed by atoms with E-state index in [1.54, 1.807) is 0 Å². The average Bonchev–Trinajstić information content (AvgIpc) is 2.54. The Morgan fingerprint density at radius 2 is 2.10 bits per heavy atom. The van der Waals surface area contributed by atoms with E-state index in [4.69, 9.17) is 0 Å². The first-order chi connectivity index (χ1) is 9.81. The SMILES string of the molecule is CCC1(NCc2ccccc2)N=Cc2cc[c]cc2N1. The van der Waals surface area contributed by atoms with Gasteiger partial charge in [0.05, 0.1) is 0 Å². The van der Waals surface area contributed by atoms with Crippen LogP contribution in [-0.2, 0) is 6.54 Å². The fraction of sp³-hybridized carbons (Fsp3) is 0.235. The Morgan fingerprint density at radius 1 is 1.25 bits per heavy atom. The lowest BCUT2D eigenvalue weighted by molar-refractivity contribution is 0.369. The number of fused-ring (bicyclic) bond motifs is 1. The summed E-state index contributed by atoms with van der Waals surface area (Å²) in [7, 11) is 0. The fourth-order valence-corrected chi connectivity index (χ4v) is 2.34. The summed E-state index contributed by atoms with van der Waals surface area (Å²) in [5.41, 5.74) is 3.43. The van der Waals surface area contributed by atoms with Crippen LogP contribution in [0, 0.1) is 6.07 Å². The molecule has 0 saturated carbocycles. The van der Waals surface area contributed by atoms with Gasteiger partial charge in [-0.1, -0.05) is 49.4 Å². The second kappa shape index (κ2) is 5.47. The molecule has 101 valence electrons. The number of hydrogen-bond donors (Lipinski definition) is 2. The maximum atomic E-state index is 4.67. The highest BCUT2D eigenvalue weighted by atomic mass is 15.3. The molecule has 3 rings (SSSR count). The minimum atomic E-state index is -0.433. The van der Waals surface area contributed by atoms with Crippen molar-refractivity contribution in [3.63, 3.8) is 0 Å². The molecule has 0 aromatic heterocycles. The van der Waals surface area contributed by atoms with Crippen LogP contribution in [0.5, 0.6) is 0 Å². The first-order valence-corrected chi connectivity index (χ1v) is 6.94. The van der Waals surface area contributed by atoms with Crippen LogP contribution in [0.25, 0.3) is 0 Å². The summed E-state index contributed by atoms with van der Waals surface area (Å²) in [6.07, 6.45) is 2.80. The molecule has 3 heteroatoms. The molecule has 1 aliphatic heterocycles. The number of aliphatic imine (C=N–C) groups is 1. The molecule has 1 radical (unpaired) electrons. The van der Waals surface area contributed by atoms with Crippen LogP contribution >= 0.6 is 0 Å². The van der Waals surface area contributed by atoms with Gasteiger partial charge in [0.2, 0.25) is 0 Å². The summed E-state index contributed by atoms with van der Waals surface area (Å²) in [5, 5.41) is 7.01. The molecule has 0 bridgehead atoms. The van der Waals surface area contributed by atoms with Crippen LogP contribution in [0.3, 0.4) is 0 Å². The zero-order chi connectivity index (χ0) is 13.8. The number of hydrogen-bond acceptors (Lipinski definition) is 3. The lowest BCUT2D eigenvalue weighted by atomic mass is 10.1. The molecule has 2 aromatic rings. The molecular weight excluding hydrogens is 246 g/mol. The van der Waals surface area contributed by atoms with E-state index in [9.17, 15) is 0 Å². The largest absolute Gasteiger partial charge is 0.348 e. The number of nitrogens with zero attached hydrogens (tertiary/aromatic N) is 1. The quantitative estimate of drug-likeness (QED) is 0.889. The van der Waals surface area contributed by atoms with Gasteiger partial charge in [-0.2, -0.15) is 0 Å². The molecule has 0 spiro atoms. The third-order valence-electron chi connectivity index (χ3n) is 3.60. The van der Waals surface area contributed by atoms with E-state index >= 15 is 0 Å². The second-order valence-corrected chi connectivity index (χ2v) is 4.95. The van der Waals surface area contributed by atoms with E-state index in [0.717, 1.165) is 24.2 Å². The Morgan fingerprint density at radius 3 is 2.90 bits per heavy atom. The van der Waals surface area contributed by atoms with Gasteiger partial charge in [0.15, 0.2) is 5.79 Å². The van der Waals surface area contributed by atoms with E-state index in [2.05, 4.69) is 52.9 Å². The standard InChI is InChI=1S/C17H18N3/c1-2-17(18-12-14-8-4-3-5-9-14)19-13-15-10-6-7-11-16(15)20-17/h3-6,8-11,13,18,20H,2,12H2,1H3. The highest BCUT2D eigenvalue weighted by Crippen LogP contribution is 2.25. The van der Waals surface area contributed by atoms with Crippen molar-refractivity contribution >= 4 is 11.9 Å². The third kappa shape index (κ3) is 2.58. The van der Waals surface area contributed by atoms with Crippen molar-refractivity contribution in [1.29, 1.82) is 0 Å². The predicted octanol–water partition coefficient (Wildman–Crippen LogP) is 3.18. The van der Waals surface area contributed by atoms with Gasteiger partial charge in [-0.3, -0.25) is 10.3 Å². The molecule has 1 unspecified atom stereocenters. The Hall–Kier alpha value is -2.13. The van der Waals surface area contributed by atoms with E-state index in [1.807, 2.05) is 30.5 Å². The van der Waals surface area contributed by atoms with E-state index < -0.39 is 5.79 Å². The van der Waals surface area contributed by atoms with Crippen molar-refractivity contribution in [3.05, 3.63) is 65.7 Å². The topological polar surface area (TPSA) is 36.4 Å². The number of benzene rings is 2. The summed E-state index contributed by atoms with van der Waals surface area (Å²) in [6.45, 7) is 2.91. The number of nitrogens with one attached hydrogen (secondary N) is 2. The van der Waals surface area contributed by atoms with Crippen molar-refractivity contribution in [2.75, 3.05) is 5.32 Å². The van der Waals surface area contributed by atoms with Gasteiger partial charge in [0.1, 0.15) is 0 Å². The Bertz CT molecular complexity index is 607. The first kappa shape index (κ1) is 12.9. The Labute approximate surface area is 119 Å². The normalized spacial score (nSPS) is 20.2. The van der Waals surface area contributed by atoms with Crippen molar-refractivity contribution in [2.24, 2.45) is 4.99 Å². The van der Waals surface area contributed by atoms with E-state index in [-0.39, 0.29) is 0 Å². The summed E-state index contributed by atoms with van der Waals surface area (Å²) in [6, 6.07) is 19.4.